The highest BCUT2D eigenvalue weighted by Gasteiger charge is 2.01. The van der Waals surface area contributed by atoms with E-state index in [1.54, 1.807) is 17.4 Å². The first-order chi connectivity index (χ1) is 7.77. The predicted molar refractivity (Wildman–Crippen MR) is 66.0 cm³/mol. The van der Waals surface area contributed by atoms with Crippen LogP contribution in [0.4, 0.5) is 4.39 Å². The van der Waals surface area contributed by atoms with Crippen LogP contribution >= 0.6 is 11.3 Å². The predicted octanol–water partition coefficient (Wildman–Crippen LogP) is 3.49. The van der Waals surface area contributed by atoms with E-state index in [2.05, 4.69) is 23.7 Å². The molecule has 1 nitrogen and oxygen atoms in total. The molecule has 2 aromatic rings. The Morgan fingerprint density at radius 2 is 2.00 bits per heavy atom. The molecule has 0 saturated carbocycles. The Morgan fingerprint density at radius 3 is 2.69 bits per heavy atom. The Hall–Kier alpha value is -1.19. The Bertz CT molecular complexity index is 464. The van der Waals surface area contributed by atoms with Gasteiger partial charge in [0.25, 0.3) is 0 Å². The van der Waals surface area contributed by atoms with E-state index >= 15 is 0 Å². The van der Waals surface area contributed by atoms with Crippen molar-refractivity contribution in [2.45, 2.75) is 20.0 Å². The van der Waals surface area contributed by atoms with E-state index in [0.29, 0.717) is 6.54 Å². The maximum absolute atomic E-state index is 13.3. The zero-order valence-electron chi connectivity index (χ0n) is 9.16. The van der Waals surface area contributed by atoms with Gasteiger partial charge in [0.15, 0.2) is 0 Å². The van der Waals surface area contributed by atoms with Crippen molar-refractivity contribution >= 4 is 11.3 Å². The lowest BCUT2D eigenvalue weighted by Crippen LogP contribution is -2.13. The maximum Gasteiger partial charge on any atom is 0.127 e. The van der Waals surface area contributed by atoms with Gasteiger partial charge in [-0.3, -0.25) is 0 Å². The van der Waals surface area contributed by atoms with Crippen LogP contribution < -0.4 is 5.32 Å². The normalized spacial score (nSPS) is 10.6. The van der Waals surface area contributed by atoms with Gasteiger partial charge in [-0.25, -0.2) is 4.39 Å². The second-order valence-corrected chi connectivity index (χ2v) is 4.72. The third-order valence-electron chi connectivity index (χ3n) is 2.53. The first kappa shape index (κ1) is 11.3. The van der Waals surface area contributed by atoms with Crippen molar-refractivity contribution in [1.82, 2.24) is 5.32 Å². The van der Waals surface area contributed by atoms with E-state index < -0.39 is 0 Å². The molecule has 0 radical (unpaired) electrons. The summed E-state index contributed by atoms with van der Waals surface area (Å²) in [6, 6.07) is 8.97. The molecule has 84 valence electrons. The molecule has 0 aliphatic rings. The van der Waals surface area contributed by atoms with Gasteiger partial charge in [0.05, 0.1) is 0 Å². The van der Waals surface area contributed by atoms with Crippen molar-refractivity contribution < 1.29 is 4.39 Å². The minimum absolute atomic E-state index is 0.141. The minimum Gasteiger partial charge on any atom is -0.308 e. The van der Waals surface area contributed by atoms with Crippen molar-refractivity contribution in [2.24, 2.45) is 0 Å². The summed E-state index contributed by atoms with van der Waals surface area (Å²) in [5.74, 6) is -0.141. The Balaban J connectivity index is 1.89. The van der Waals surface area contributed by atoms with Gasteiger partial charge >= 0.3 is 0 Å². The summed E-state index contributed by atoms with van der Waals surface area (Å²) in [5.41, 5.74) is 2.02. The van der Waals surface area contributed by atoms with E-state index in [4.69, 9.17) is 0 Å². The van der Waals surface area contributed by atoms with E-state index in [1.807, 2.05) is 12.1 Å². The minimum atomic E-state index is -0.141. The van der Waals surface area contributed by atoms with Crippen molar-refractivity contribution in [3.05, 3.63) is 57.5 Å². The summed E-state index contributed by atoms with van der Waals surface area (Å²) in [4.78, 5) is 1.32. The number of benzene rings is 1. The van der Waals surface area contributed by atoms with Gasteiger partial charge in [0.1, 0.15) is 5.82 Å². The molecule has 0 amide bonds. The summed E-state index contributed by atoms with van der Waals surface area (Å²) < 4.78 is 13.3. The van der Waals surface area contributed by atoms with Crippen LogP contribution in [0.2, 0.25) is 0 Å². The number of thiophene rings is 1. The molecule has 0 spiro atoms. The third kappa shape index (κ3) is 2.68. The Labute approximate surface area is 98.9 Å². The standard InChI is InChI=1S/C13H14FNS/c1-10-6-7-16-13(10)9-15-8-11-4-2-3-5-12(11)14/h2-7,15H,8-9H2,1H3. The van der Waals surface area contributed by atoms with Crippen molar-refractivity contribution in [3.63, 3.8) is 0 Å². The molecule has 16 heavy (non-hydrogen) atoms. The Morgan fingerprint density at radius 1 is 1.19 bits per heavy atom. The average molecular weight is 235 g/mol. The highest BCUT2D eigenvalue weighted by atomic mass is 32.1. The second-order valence-electron chi connectivity index (χ2n) is 3.72. The monoisotopic (exact) mass is 235 g/mol. The molecule has 0 unspecified atom stereocenters. The zero-order chi connectivity index (χ0) is 11.4. The fraction of sp³-hybridized carbons (Fsp3) is 0.231. The fourth-order valence-corrected chi connectivity index (χ4v) is 2.41. The van der Waals surface area contributed by atoms with Gasteiger partial charge in [0, 0.05) is 23.5 Å². The first-order valence-electron chi connectivity index (χ1n) is 5.24. The molecule has 1 N–H and O–H groups in total. The van der Waals surface area contributed by atoms with Gasteiger partial charge in [-0.15, -0.1) is 11.3 Å². The van der Waals surface area contributed by atoms with Gasteiger partial charge < -0.3 is 5.32 Å². The number of halogens is 1. The maximum atomic E-state index is 13.3. The lowest BCUT2D eigenvalue weighted by molar-refractivity contribution is 0.589. The zero-order valence-corrected chi connectivity index (χ0v) is 9.98. The highest BCUT2D eigenvalue weighted by Crippen LogP contribution is 2.15. The molecule has 1 heterocycles. The summed E-state index contributed by atoms with van der Waals surface area (Å²) >= 11 is 1.73. The molecule has 0 atom stereocenters. The van der Waals surface area contributed by atoms with Crippen LogP contribution in [0.5, 0.6) is 0 Å². The number of aryl methyl sites for hydroxylation is 1. The molecule has 1 aromatic carbocycles. The van der Waals surface area contributed by atoms with E-state index in [1.165, 1.54) is 16.5 Å². The van der Waals surface area contributed by atoms with Crippen LogP contribution in [0.15, 0.2) is 35.7 Å². The average Bonchev–Trinajstić information content (AvgIpc) is 2.67. The quantitative estimate of drug-likeness (QED) is 0.855. The van der Waals surface area contributed by atoms with Crippen LogP contribution in [0.3, 0.4) is 0 Å². The number of nitrogens with one attached hydrogen (secondary N) is 1. The molecule has 1 aromatic heterocycles. The van der Waals surface area contributed by atoms with Gasteiger partial charge in [-0.2, -0.15) is 0 Å². The number of rotatable bonds is 4. The smallest absolute Gasteiger partial charge is 0.127 e. The number of hydrogen-bond acceptors (Lipinski definition) is 2. The molecule has 3 heteroatoms. The fourth-order valence-electron chi connectivity index (χ4n) is 1.54. The van der Waals surface area contributed by atoms with Crippen LogP contribution in [0, 0.1) is 12.7 Å². The van der Waals surface area contributed by atoms with Crippen LogP contribution in [0.1, 0.15) is 16.0 Å². The van der Waals surface area contributed by atoms with Crippen LogP contribution in [-0.4, -0.2) is 0 Å². The van der Waals surface area contributed by atoms with Gasteiger partial charge in [-0.1, -0.05) is 18.2 Å². The molecule has 0 aliphatic carbocycles. The van der Waals surface area contributed by atoms with Crippen molar-refractivity contribution in [1.29, 1.82) is 0 Å². The SMILES string of the molecule is Cc1ccsc1CNCc1ccccc1F. The highest BCUT2D eigenvalue weighted by molar-refractivity contribution is 7.10. The summed E-state index contributed by atoms with van der Waals surface area (Å²) in [6.45, 7) is 3.47. The second kappa shape index (κ2) is 5.23. The molecular weight excluding hydrogens is 221 g/mol. The third-order valence-corrected chi connectivity index (χ3v) is 3.55. The van der Waals surface area contributed by atoms with Crippen LogP contribution in [0.25, 0.3) is 0 Å². The van der Waals surface area contributed by atoms with E-state index in [9.17, 15) is 4.39 Å². The molecule has 0 saturated heterocycles. The molecular formula is C13H14FNS. The molecule has 0 bridgehead atoms. The summed E-state index contributed by atoms with van der Waals surface area (Å²) in [7, 11) is 0. The van der Waals surface area contributed by atoms with Crippen LogP contribution in [-0.2, 0) is 13.1 Å². The van der Waals surface area contributed by atoms with Crippen molar-refractivity contribution in [3.8, 4) is 0 Å². The topological polar surface area (TPSA) is 12.0 Å². The lowest BCUT2D eigenvalue weighted by Gasteiger charge is -2.05. The van der Waals surface area contributed by atoms with Crippen molar-refractivity contribution in [2.75, 3.05) is 0 Å². The van der Waals surface area contributed by atoms with Gasteiger partial charge in [-0.05, 0) is 30.0 Å². The first-order valence-corrected chi connectivity index (χ1v) is 6.12. The summed E-state index contributed by atoms with van der Waals surface area (Å²) in [5, 5.41) is 5.33. The summed E-state index contributed by atoms with van der Waals surface area (Å²) in [6.07, 6.45) is 0. The van der Waals surface area contributed by atoms with Gasteiger partial charge in [0.2, 0.25) is 0 Å². The molecule has 0 fully saturated rings. The lowest BCUT2D eigenvalue weighted by atomic mass is 10.2. The molecule has 2 rings (SSSR count). The molecule has 0 aliphatic heterocycles. The Kier molecular flexibility index (Phi) is 3.70. The number of hydrogen-bond donors (Lipinski definition) is 1. The largest absolute Gasteiger partial charge is 0.308 e. The van der Waals surface area contributed by atoms with E-state index in [-0.39, 0.29) is 5.82 Å². The van der Waals surface area contributed by atoms with E-state index in [0.717, 1.165) is 12.1 Å².